The van der Waals surface area contributed by atoms with Crippen LogP contribution in [0.15, 0.2) is 22.8 Å². The molecule has 1 heterocycles. The molecule has 3 amide bonds. The van der Waals surface area contributed by atoms with E-state index in [0.29, 0.717) is 0 Å². The first kappa shape index (κ1) is 16.5. The summed E-state index contributed by atoms with van der Waals surface area (Å²) in [5.41, 5.74) is 0. The number of amides is 3. The van der Waals surface area contributed by atoms with Crippen molar-refractivity contribution in [1.29, 1.82) is 0 Å². The van der Waals surface area contributed by atoms with Gasteiger partial charge in [-0.05, 0) is 38.8 Å². The molecular formula is C16H26N3O3+. The molecule has 4 N–H and O–H groups in total. The molecule has 22 heavy (non-hydrogen) atoms. The zero-order valence-corrected chi connectivity index (χ0v) is 13.3. The second-order valence-electron chi connectivity index (χ2n) is 6.08. The summed E-state index contributed by atoms with van der Waals surface area (Å²) in [6.45, 7) is 3.74. The van der Waals surface area contributed by atoms with E-state index in [2.05, 4.69) is 10.6 Å². The fraction of sp³-hybridized carbons (Fsp3) is 0.625. The van der Waals surface area contributed by atoms with Crippen LogP contribution >= 0.6 is 0 Å². The molecule has 1 aromatic heterocycles. The fourth-order valence-electron chi connectivity index (χ4n) is 2.86. The van der Waals surface area contributed by atoms with E-state index in [1.165, 1.54) is 6.42 Å². The molecule has 1 aliphatic carbocycles. The van der Waals surface area contributed by atoms with E-state index in [9.17, 15) is 9.59 Å². The van der Waals surface area contributed by atoms with Crippen LogP contribution in [0.2, 0.25) is 0 Å². The zero-order chi connectivity index (χ0) is 15.9. The maximum absolute atomic E-state index is 12.1. The van der Waals surface area contributed by atoms with Crippen molar-refractivity contribution in [2.45, 2.75) is 64.1 Å². The predicted molar refractivity (Wildman–Crippen MR) is 82.1 cm³/mol. The fourth-order valence-corrected chi connectivity index (χ4v) is 2.86. The molecule has 122 valence electrons. The van der Waals surface area contributed by atoms with Gasteiger partial charge in [0.1, 0.15) is 6.04 Å². The normalized spacial score (nSPS) is 18.5. The highest BCUT2D eigenvalue weighted by Gasteiger charge is 2.24. The third-order valence-corrected chi connectivity index (χ3v) is 4.16. The molecule has 0 aliphatic heterocycles. The quantitative estimate of drug-likeness (QED) is 0.769. The zero-order valence-electron chi connectivity index (χ0n) is 13.3. The number of hydrogen-bond donors (Lipinski definition) is 3. The van der Waals surface area contributed by atoms with E-state index >= 15 is 0 Å². The third kappa shape index (κ3) is 4.87. The number of urea groups is 1. The van der Waals surface area contributed by atoms with Gasteiger partial charge >= 0.3 is 6.03 Å². The lowest BCUT2D eigenvalue weighted by Gasteiger charge is -2.23. The van der Waals surface area contributed by atoms with Crippen molar-refractivity contribution in [3.8, 4) is 0 Å². The molecule has 0 aromatic carbocycles. The number of hydrogen-bond acceptors (Lipinski definition) is 3. The second kappa shape index (κ2) is 7.98. The van der Waals surface area contributed by atoms with Crippen LogP contribution in [0.25, 0.3) is 0 Å². The highest BCUT2D eigenvalue weighted by atomic mass is 16.3. The Bertz CT molecular complexity index is 481. The number of carbonyl (C=O) groups is 2. The van der Waals surface area contributed by atoms with E-state index in [1.807, 2.05) is 24.4 Å². The van der Waals surface area contributed by atoms with E-state index in [0.717, 1.165) is 31.4 Å². The Kier molecular flexibility index (Phi) is 6.00. The van der Waals surface area contributed by atoms with Crippen LogP contribution < -0.4 is 16.0 Å². The first-order valence-corrected chi connectivity index (χ1v) is 8.06. The summed E-state index contributed by atoms with van der Waals surface area (Å²) in [5.74, 6) is 0.526. The minimum Gasteiger partial charge on any atom is -0.463 e. The summed E-state index contributed by atoms with van der Waals surface area (Å²) in [7, 11) is 0. The predicted octanol–water partition coefficient (Wildman–Crippen LogP) is 1.45. The minimum atomic E-state index is -0.386. The summed E-state index contributed by atoms with van der Waals surface area (Å²) in [6.07, 6.45) is 7.13. The topological polar surface area (TPSA) is 88.0 Å². The van der Waals surface area contributed by atoms with Crippen LogP contribution in [0, 0.1) is 0 Å². The summed E-state index contributed by atoms with van der Waals surface area (Å²) < 4.78 is 5.32. The Balaban J connectivity index is 1.74. The van der Waals surface area contributed by atoms with E-state index in [1.54, 1.807) is 13.2 Å². The second-order valence-corrected chi connectivity index (χ2v) is 6.08. The molecule has 0 unspecified atom stereocenters. The van der Waals surface area contributed by atoms with Gasteiger partial charge in [-0.3, -0.25) is 10.1 Å². The Morgan fingerprint density at radius 2 is 2.00 bits per heavy atom. The summed E-state index contributed by atoms with van der Waals surface area (Å²) in [5, 5.41) is 7.19. The molecule has 1 aliphatic rings. The largest absolute Gasteiger partial charge is 0.463 e. The van der Waals surface area contributed by atoms with Gasteiger partial charge in [0.2, 0.25) is 0 Å². The van der Waals surface area contributed by atoms with Gasteiger partial charge in [0, 0.05) is 6.04 Å². The van der Waals surface area contributed by atoms with Crippen LogP contribution in [0.1, 0.15) is 57.8 Å². The van der Waals surface area contributed by atoms with Gasteiger partial charge in [0.05, 0.1) is 6.26 Å². The molecule has 0 saturated heterocycles. The van der Waals surface area contributed by atoms with Gasteiger partial charge < -0.3 is 15.1 Å². The summed E-state index contributed by atoms with van der Waals surface area (Å²) in [4.78, 5) is 23.9. The molecule has 0 bridgehead atoms. The van der Waals surface area contributed by atoms with Crippen molar-refractivity contribution in [1.82, 2.24) is 10.6 Å². The van der Waals surface area contributed by atoms with Crippen LogP contribution in [0.4, 0.5) is 4.79 Å². The Hall–Kier alpha value is -1.82. The number of quaternary nitrogens is 1. The van der Waals surface area contributed by atoms with Crippen molar-refractivity contribution in [3.63, 3.8) is 0 Å². The monoisotopic (exact) mass is 308 g/mol. The van der Waals surface area contributed by atoms with Gasteiger partial charge in [-0.25, -0.2) is 4.79 Å². The van der Waals surface area contributed by atoms with Crippen molar-refractivity contribution in [2.75, 3.05) is 0 Å². The molecule has 6 heteroatoms. The van der Waals surface area contributed by atoms with Gasteiger partial charge in [0.25, 0.3) is 5.91 Å². The lowest BCUT2D eigenvalue weighted by atomic mass is 9.96. The van der Waals surface area contributed by atoms with Gasteiger partial charge in [-0.2, -0.15) is 0 Å². The van der Waals surface area contributed by atoms with Crippen molar-refractivity contribution < 1.29 is 19.3 Å². The number of carbonyl (C=O) groups excluding carboxylic acids is 2. The molecule has 2 atom stereocenters. The minimum absolute atomic E-state index is 0.0251. The third-order valence-electron chi connectivity index (χ3n) is 4.16. The molecule has 0 spiro atoms. The van der Waals surface area contributed by atoms with E-state index in [4.69, 9.17) is 4.42 Å². The SMILES string of the molecule is C[C@H]([NH2+][C@@H](C)c1ccco1)C(=O)NC(=O)NC1CCCCC1. The number of nitrogens with two attached hydrogens (primary N) is 1. The van der Waals surface area contributed by atoms with Crippen molar-refractivity contribution in [3.05, 3.63) is 24.2 Å². The number of furan rings is 1. The first-order chi connectivity index (χ1) is 10.6. The molecular weight excluding hydrogens is 282 g/mol. The molecule has 6 nitrogen and oxygen atoms in total. The van der Waals surface area contributed by atoms with E-state index in [-0.39, 0.29) is 30.1 Å². The van der Waals surface area contributed by atoms with E-state index < -0.39 is 0 Å². The number of imide groups is 1. The maximum Gasteiger partial charge on any atom is 0.321 e. The Labute approximate surface area is 131 Å². The standard InChI is InChI=1S/C16H25N3O3/c1-11(14-9-6-10-22-14)17-12(2)15(20)19-16(21)18-13-7-4-3-5-8-13/h6,9-13,17H,3-5,7-8H2,1-2H3,(H2,18,19,20,21)/p+1/t11-,12-/m0/s1. The molecule has 2 rings (SSSR count). The lowest BCUT2D eigenvalue weighted by molar-refractivity contribution is -0.711. The average Bonchev–Trinajstić information content (AvgIpc) is 3.02. The van der Waals surface area contributed by atoms with Crippen LogP contribution in [0.5, 0.6) is 0 Å². The average molecular weight is 308 g/mol. The highest BCUT2D eigenvalue weighted by Crippen LogP contribution is 2.17. The summed E-state index contributed by atoms with van der Waals surface area (Å²) >= 11 is 0. The lowest BCUT2D eigenvalue weighted by Crippen LogP contribution is -2.92. The number of rotatable bonds is 5. The first-order valence-electron chi connectivity index (χ1n) is 8.06. The van der Waals surface area contributed by atoms with Gasteiger partial charge in [-0.1, -0.05) is 19.3 Å². The highest BCUT2D eigenvalue weighted by molar-refractivity contribution is 5.96. The van der Waals surface area contributed by atoms with Crippen molar-refractivity contribution in [2.24, 2.45) is 0 Å². The van der Waals surface area contributed by atoms with Crippen LogP contribution in [-0.2, 0) is 4.79 Å². The number of nitrogens with one attached hydrogen (secondary N) is 2. The van der Waals surface area contributed by atoms with Crippen molar-refractivity contribution >= 4 is 11.9 Å². The van der Waals surface area contributed by atoms with Crippen LogP contribution in [0.3, 0.4) is 0 Å². The Morgan fingerprint density at radius 1 is 1.27 bits per heavy atom. The van der Waals surface area contributed by atoms with Crippen LogP contribution in [-0.4, -0.2) is 24.0 Å². The van der Waals surface area contributed by atoms with Gasteiger partial charge in [0.15, 0.2) is 11.8 Å². The molecule has 1 fully saturated rings. The molecule has 1 saturated carbocycles. The molecule has 0 radical (unpaired) electrons. The Morgan fingerprint density at radius 3 is 2.64 bits per heavy atom. The van der Waals surface area contributed by atoms with Gasteiger partial charge in [-0.15, -0.1) is 0 Å². The smallest absolute Gasteiger partial charge is 0.321 e. The maximum atomic E-state index is 12.1. The summed E-state index contributed by atoms with van der Waals surface area (Å²) in [6, 6.07) is 3.17. The molecule has 1 aromatic rings.